The zero-order chi connectivity index (χ0) is 12.5. The van der Waals surface area contributed by atoms with Crippen LogP contribution in [0.1, 0.15) is 0 Å². The summed E-state index contributed by atoms with van der Waals surface area (Å²) >= 11 is 9.10. The SMILES string of the molecule is Clc1ncc(Br)c(Nc2ccc3c(c2)OCO3)n1. The van der Waals surface area contributed by atoms with Crippen LogP contribution in [-0.4, -0.2) is 16.8 Å². The van der Waals surface area contributed by atoms with Crippen molar-refractivity contribution in [3.8, 4) is 11.5 Å². The number of anilines is 2. The van der Waals surface area contributed by atoms with E-state index >= 15 is 0 Å². The molecule has 2 aromatic rings. The Balaban J connectivity index is 1.90. The molecule has 1 aromatic heterocycles. The molecule has 0 amide bonds. The smallest absolute Gasteiger partial charge is 0.231 e. The van der Waals surface area contributed by atoms with Gasteiger partial charge in [-0.05, 0) is 39.7 Å². The molecule has 0 bridgehead atoms. The molecule has 0 saturated carbocycles. The van der Waals surface area contributed by atoms with E-state index in [2.05, 4.69) is 31.2 Å². The van der Waals surface area contributed by atoms with E-state index in [0.717, 1.165) is 15.9 Å². The molecule has 3 rings (SSSR count). The van der Waals surface area contributed by atoms with Crippen molar-refractivity contribution < 1.29 is 9.47 Å². The van der Waals surface area contributed by atoms with Gasteiger partial charge in [-0.1, -0.05) is 0 Å². The molecule has 18 heavy (non-hydrogen) atoms. The van der Waals surface area contributed by atoms with Gasteiger partial charge in [0, 0.05) is 18.0 Å². The van der Waals surface area contributed by atoms with Crippen LogP contribution in [0, 0.1) is 0 Å². The molecule has 1 aliphatic heterocycles. The normalized spacial score (nSPS) is 12.6. The third kappa shape index (κ3) is 2.21. The van der Waals surface area contributed by atoms with Crippen molar-refractivity contribution in [1.82, 2.24) is 9.97 Å². The summed E-state index contributed by atoms with van der Waals surface area (Å²) in [7, 11) is 0. The Morgan fingerprint density at radius 1 is 1.28 bits per heavy atom. The largest absolute Gasteiger partial charge is 0.454 e. The van der Waals surface area contributed by atoms with E-state index in [1.165, 1.54) is 0 Å². The highest BCUT2D eigenvalue weighted by atomic mass is 79.9. The maximum absolute atomic E-state index is 5.75. The molecule has 0 radical (unpaired) electrons. The van der Waals surface area contributed by atoms with Gasteiger partial charge in [0.15, 0.2) is 11.5 Å². The first kappa shape index (κ1) is 11.6. The van der Waals surface area contributed by atoms with Gasteiger partial charge in [-0.25, -0.2) is 4.98 Å². The standard InChI is InChI=1S/C11H7BrClN3O2/c12-7-4-14-11(13)16-10(7)15-6-1-2-8-9(3-6)18-5-17-8/h1-4H,5H2,(H,14,15,16). The molecule has 0 fully saturated rings. The minimum atomic E-state index is 0.182. The van der Waals surface area contributed by atoms with Crippen LogP contribution in [0.4, 0.5) is 11.5 Å². The number of halogens is 2. The van der Waals surface area contributed by atoms with Gasteiger partial charge in [0.2, 0.25) is 12.1 Å². The average Bonchev–Trinajstić information content (AvgIpc) is 2.81. The summed E-state index contributed by atoms with van der Waals surface area (Å²) in [6.07, 6.45) is 1.59. The fourth-order valence-electron chi connectivity index (χ4n) is 1.54. The maximum Gasteiger partial charge on any atom is 0.231 e. The number of benzene rings is 1. The highest BCUT2D eigenvalue weighted by Gasteiger charge is 2.14. The molecule has 1 aromatic carbocycles. The van der Waals surface area contributed by atoms with Crippen molar-refractivity contribution in [2.24, 2.45) is 0 Å². The molecule has 0 saturated heterocycles. The number of hydrogen-bond donors (Lipinski definition) is 1. The van der Waals surface area contributed by atoms with Crippen LogP contribution in [0.3, 0.4) is 0 Å². The summed E-state index contributed by atoms with van der Waals surface area (Å²) in [5.41, 5.74) is 0.828. The predicted octanol–water partition coefficient (Wildman–Crippen LogP) is 3.36. The molecular weight excluding hydrogens is 321 g/mol. The molecule has 0 spiro atoms. The molecule has 0 atom stereocenters. The number of fused-ring (bicyclic) bond motifs is 1. The molecule has 92 valence electrons. The van der Waals surface area contributed by atoms with Crippen molar-refractivity contribution in [3.63, 3.8) is 0 Å². The summed E-state index contributed by atoms with van der Waals surface area (Å²) in [5, 5.41) is 3.31. The van der Waals surface area contributed by atoms with Crippen LogP contribution >= 0.6 is 27.5 Å². The van der Waals surface area contributed by atoms with Crippen molar-refractivity contribution in [2.75, 3.05) is 12.1 Å². The number of ether oxygens (including phenoxy) is 2. The first-order valence-electron chi connectivity index (χ1n) is 5.07. The number of nitrogens with zero attached hydrogens (tertiary/aromatic N) is 2. The zero-order valence-electron chi connectivity index (χ0n) is 8.98. The van der Waals surface area contributed by atoms with Crippen molar-refractivity contribution in [3.05, 3.63) is 34.2 Å². The summed E-state index contributed by atoms with van der Waals surface area (Å²) in [6, 6.07) is 5.54. The Bertz CT molecular complexity index is 609. The van der Waals surface area contributed by atoms with Crippen LogP contribution < -0.4 is 14.8 Å². The van der Waals surface area contributed by atoms with Crippen LogP contribution in [0.25, 0.3) is 0 Å². The average molecular weight is 329 g/mol. The van der Waals surface area contributed by atoms with Gasteiger partial charge in [-0.3, -0.25) is 0 Å². The Labute approximate surface area is 116 Å². The van der Waals surface area contributed by atoms with E-state index < -0.39 is 0 Å². The lowest BCUT2D eigenvalue weighted by atomic mass is 10.3. The number of aromatic nitrogens is 2. The van der Waals surface area contributed by atoms with Gasteiger partial charge in [-0.15, -0.1) is 0 Å². The van der Waals surface area contributed by atoms with Crippen molar-refractivity contribution in [2.45, 2.75) is 0 Å². The molecule has 0 aliphatic carbocycles. The van der Waals surface area contributed by atoms with E-state index in [-0.39, 0.29) is 12.1 Å². The lowest BCUT2D eigenvalue weighted by molar-refractivity contribution is 0.174. The van der Waals surface area contributed by atoms with Gasteiger partial charge < -0.3 is 14.8 Å². The number of hydrogen-bond acceptors (Lipinski definition) is 5. The number of nitrogens with one attached hydrogen (secondary N) is 1. The Morgan fingerprint density at radius 2 is 2.11 bits per heavy atom. The van der Waals surface area contributed by atoms with Gasteiger partial charge in [0.05, 0.1) is 4.47 Å². The van der Waals surface area contributed by atoms with Crippen molar-refractivity contribution in [1.29, 1.82) is 0 Å². The summed E-state index contributed by atoms with van der Waals surface area (Å²) < 4.78 is 11.3. The summed E-state index contributed by atoms with van der Waals surface area (Å²) in [5.74, 6) is 2.03. The van der Waals surface area contributed by atoms with E-state index in [9.17, 15) is 0 Å². The van der Waals surface area contributed by atoms with Gasteiger partial charge >= 0.3 is 0 Å². The van der Waals surface area contributed by atoms with E-state index in [1.807, 2.05) is 18.2 Å². The second kappa shape index (κ2) is 4.62. The highest BCUT2D eigenvalue weighted by molar-refractivity contribution is 9.10. The van der Waals surface area contributed by atoms with Crippen molar-refractivity contribution >= 4 is 39.0 Å². The monoisotopic (exact) mass is 327 g/mol. The van der Waals surface area contributed by atoms with Crippen LogP contribution in [0.15, 0.2) is 28.9 Å². The zero-order valence-corrected chi connectivity index (χ0v) is 11.3. The lowest BCUT2D eigenvalue weighted by Crippen LogP contribution is -1.96. The minimum absolute atomic E-state index is 0.182. The Kier molecular flexibility index (Phi) is 2.97. The van der Waals surface area contributed by atoms with E-state index in [0.29, 0.717) is 11.6 Å². The number of rotatable bonds is 2. The maximum atomic E-state index is 5.75. The Morgan fingerprint density at radius 3 is 3.00 bits per heavy atom. The van der Waals surface area contributed by atoms with Crippen LogP contribution in [0.2, 0.25) is 5.28 Å². The van der Waals surface area contributed by atoms with Gasteiger partial charge in [0.1, 0.15) is 5.82 Å². The van der Waals surface area contributed by atoms with Gasteiger partial charge in [-0.2, -0.15) is 4.98 Å². The molecule has 1 N–H and O–H groups in total. The first-order valence-corrected chi connectivity index (χ1v) is 6.24. The molecule has 0 unspecified atom stereocenters. The van der Waals surface area contributed by atoms with E-state index in [1.54, 1.807) is 6.20 Å². The molecule has 5 nitrogen and oxygen atoms in total. The Hall–Kier alpha value is -1.53. The minimum Gasteiger partial charge on any atom is -0.454 e. The molecule has 7 heteroatoms. The molecular formula is C11H7BrClN3O2. The summed E-state index contributed by atoms with van der Waals surface area (Å²) in [6.45, 7) is 0.252. The van der Waals surface area contributed by atoms with Crippen LogP contribution in [0.5, 0.6) is 11.5 Å². The quantitative estimate of drug-likeness (QED) is 0.857. The van der Waals surface area contributed by atoms with Gasteiger partial charge in [0.25, 0.3) is 0 Å². The predicted molar refractivity (Wildman–Crippen MR) is 70.6 cm³/mol. The molecule has 1 aliphatic rings. The topological polar surface area (TPSA) is 56.3 Å². The fraction of sp³-hybridized carbons (Fsp3) is 0.0909. The highest BCUT2D eigenvalue weighted by Crippen LogP contribution is 2.35. The third-order valence-electron chi connectivity index (χ3n) is 2.35. The first-order chi connectivity index (χ1) is 8.72. The fourth-order valence-corrected chi connectivity index (χ4v) is 1.97. The second-order valence-electron chi connectivity index (χ2n) is 3.53. The lowest BCUT2D eigenvalue weighted by Gasteiger charge is -2.08. The molecule has 2 heterocycles. The second-order valence-corrected chi connectivity index (χ2v) is 4.72. The third-order valence-corrected chi connectivity index (χ3v) is 3.11. The van der Waals surface area contributed by atoms with Crippen LogP contribution in [-0.2, 0) is 0 Å². The van der Waals surface area contributed by atoms with E-state index in [4.69, 9.17) is 21.1 Å². The summed E-state index contributed by atoms with van der Waals surface area (Å²) in [4.78, 5) is 7.95.